The molecule has 8 heteroatoms. The number of hydrogen-bond donors (Lipinski definition) is 1. The topological polar surface area (TPSA) is 76.6 Å². The summed E-state index contributed by atoms with van der Waals surface area (Å²) in [6.07, 6.45) is 3.02. The molecule has 7 nitrogen and oxygen atoms in total. The average Bonchev–Trinajstić information content (AvgIpc) is 2.71. The second kappa shape index (κ2) is 9.80. The zero-order chi connectivity index (χ0) is 19.8. The molecule has 1 saturated heterocycles. The van der Waals surface area contributed by atoms with Crippen molar-refractivity contribution in [2.75, 3.05) is 44.4 Å². The van der Waals surface area contributed by atoms with E-state index in [1.165, 1.54) is 18.2 Å². The van der Waals surface area contributed by atoms with Crippen molar-refractivity contribution in [2.24, 2.45) is 0 Å². The van der Waals surface area contributed by atoms with E-state index in [4.69, 9.17) is 9.47 Å². The van der Waals surface area contributed by atoms with E-state index in [1.807, 2.05) is 6.92 Å². The van der Waals surface area contributed by atoms with Gasteiger partial charge in [0.25, 0.3) is 0 Å². The number of morpholine rings is 1. The summed E-state index contributed by atoms with van der Waals surface area (Å²) in [5.41, 5.74) is 0.750. The van der Waals surface area contributed by atoms with E-state index in [0.29, 0.717) is 31.5 Å². The van der Waals surface area contributed by atoms with Crippen LogP contribution in [-0.2, 0) is 9.53 Å². The van der Waals surface area contributed by atoms with Crippen LogP contribution < -0.4 is 15.0 Å². The summed E-state index contributed by atoms with van der Waals surface area (Å²) < 4.78 is 23.9. The summed E-state index contributed by atoms with van der Waals surface area (Å²) in [4.78, 5) is 22.7. The number of hydrogen-bond acceptors (Lipinski definition) is 6. The molecule has 0 saturated carbocycles. The minimum Gasteiger partial charge on any atom is -0.476 e. The van der Waals surface area contributed by atoms with Gasteiger partial charge in [-0.05, 0) is 30.7 Å². The molecular weight excluding hydrogens is 363 g/mol. The Balaban J connectivity index is 1.45. The molecule has 1 aromatic carbocycles. The van der Waals surface area contributed by atoms with Gasteiger partial charge in [-0.2, -0.15) is 4.98 Å². The summed E-state index contributed by atoms with van der Waals surface area (Å²) >= 11 is 0. The largest absolute Gasteiger partial charge is 0.476 e. The smallest absolute Gasteiger partial charge is 0.244 e. The quantitative estimate of drug-likeness (QED) is 0.579. The fraction of sp³-hybridized carbons (Fsp3) is 0.350. The molecule has 1 aliphatic rings. The number of carbonyl (C=O) groups excluding carboxylic acids is 1. The Morgan fingerprint density at radius 3 is 2.79 bits per heavy atom. The molecule has 0 atom stereocenters. The highest BCUT2D eigenvalue weighted by molar-refractivity contribution is 5.91. The third kappa shape index (κ3) is 6.02. The van der Waals surface area contributed by atoms with Crippen LogP contribution in [0.4, 0.5) is 10.2 Å². The van der Waals surface area contributed by atoms with Gasteiger partial charge in [-0.1, -0.05) is 12.1 Å². The highest BCUT2D eigenvalue weighted by Crippen LogP contribution is 2.18. The van der Waals surface area contributed by atoms with Crippen LogP contribution in [-0.4, -0.2) is 55.3 Å². The summed E-state index contributed by atoms with van der Waals surface area (Å²) in [6.45, 7) is 5.36. The van der Waals surface area contributed by atoms with Gasteiger partial charge >= 0.3 is 0 Å². The third-order valence-electron chi connectivity index (χ3n) is 4.08. The highest BCUT2D eigenvalue weighted by Gasteiger charge is 2.14. The first-order valence-electron chi connectivity index (χ1n) is 9.13. The van der Waals surface area contributed by atoms with Gasteiger partial charge in [0.15, 0.2) is 0 Å². The van der Waals surface area contributed by atoms with Gasteiger partial charge in [0.2, 0.25) is 11.8 Å². The van der Waals surface area contributed by atoms with Crippen LogP contribution in [0.3, 0.4) is 0 Å². The molecule has 1 N–H and O–H groups in total. The first kappa shape index (κ1) is 19.8. The molecule has 0 bridgehead atoms. The molecule has 1 aromatic heterocycles. The summed E-state index contributed by atoms with van der Waals surface area (Å²) in [5, 5.41) is 2.73. The van der Waals surface area contributed by atoms with E-state index in [9.17, 15) is 9.18 Å². The second-order valence-electron chi connectivity index (χ2n) is 6.24. The predicted octanol–water partition coefficient (Wildman–Crippen LogP) is 1.97. The van der Waals surface area contributed by atoms with Crippen molar-refractivity contribution < 1.29 is 18.7 Å². The molecule has 0 unspecified atom stereocenters. The molecule has 2 heterocycles. The summed E-state index contributed by atoms with van der Waals surface area (Å²) in [6, 6.07) is 7.70. The van der Waals surface area contributed by atoms with E-state index < -0.39 is 0 Å². The number of rotatable bonds is 7. The molecule has 0 radical (unpaired) electrons. The lowest BCUT2D eigenvalue weighted by atomic mass is 10.2. The Morgan fingerprint density at radius 2 is 2.04 bits per heavy atom. The van der Waals surface area contributed by atoms with Gasteiger partial charge in [-0.3, -0.25) is 4.79 Å². The Labute approximate surface area is 163 Å². The fourth-order valence-electron chi connectivity index (χ4n) is 2.69. The van der Waals surface area contributed by atoms with Crippen LogP contribution in [0.1, 0.15) is 11.4 Å². The number of aromatic nitrogens is 2. The Morgan fingerprint density at radius 1 is 1.29 bits per heavy atom. The van der Waals surface area contributed by atoms with Crippen LogP contribution in [0.15, 0.2) is 36.4 Å². The Bertz CT molecular complexity index is 821. The predicted molar refractivity (Wildman–Crippen MR) is 104 cm³/mol. The van der Waals surface area contributed by atoms with Crippen molar-refractivity contribution >= 4 is 17.8 Å². The lowest BCUT2D eigenvalue weighted by Gasteiger charge is -2.28. The molecule has 1 aliphatic heterocycles. The molecule has 0 spiro atoms. The first-order chi connectivity index (χ1) is 13.6. The van der Waals surface area contributed by atoms with E-state index in [1.54, 1.807) is 24.3 Å². The van der Waals surface area contributed by atoms with Crippen LogP contribution in [0.5, 0.6) is 5.88 Å². The number of anilines is 1. The SMILES string of the molecule is Cc1nc(OCCNC(=O)/C=C/c2ccc(F)cc2)cc(N2CCOCC2)n1. The maximum atomic E-state index is 12.9. The first-order valence-corrected chi connectivity index (χ1v) is 9.13. The number of nitrogens with zero attached hydrogens (tertiary/aromatic N) is 3. The Kier molecular flexibility index (Phi) is 6.91. The van der Waals surface area contributed by atoms with Crippen LogP contribution >= 0.6 is 0 Å². The summed E-state index contributed by atoms with van der Waals surface area (Å²) in [5.74, 6) is 1.36. The minimum absolute atomic E-state index is 0.249. The zero-order valence-corrected chi connectivity index (χ0v) is 15.7. The average molecular weight is 386 g/mol. The number of amides is 1. The molecule has 148 valence electrons. The zero-order valence-electron chi connectivity index (χ0n) is 15.7. The number of benzene rings is 1. The van der Waals surface area contributed by atoms with E-state index >= 15 is 0 Å². The molecule has 2 aromatic rings. The number of ether oxygens (including phenoxy) is 2. The standard InChI is InChI=1S/C20H23FN4O3/c1-15-23-18(25-9-12-27-13-10-25)14-20(24-15)28-11-8-22-19(26)7-4-16-2-5-17(21)6-3-16/h2-7,14H,8-13H2,1H3,(H,22,26)/b7-4+. The fourth-order valence-corrected chi connectivity index (χ4v) is 2.69. The number of aryl methyl sites for hydroxylation is 1. The maximum Gasteiger partial charge on any atom is 0.244 e. The van der Waals surface area contributed by atoms with Gasteiger partial charge in [0.05, 0.1) is 19.8 Å². The maximum absolute atomic E-state index is 12.9. The molecular formula is C20H23FN4O3. The van der Waals surface area contributed by atoms with Gasteiger partial charge < -0.3 is 19.7 Å². The Hall–Kier alpha value is -3.00. The number of carbonyl (C=O) groups is 1. The minimum atomic E-state index is -0.310. The molecule has 0 aliphatic carbocycles. The summed E-state index contributed by atoms with van der Waals surface area (Å²) in [7, 11) is 0. The molecule has 28 heavy (non-hydrogen) atoms. The lowest BCUT2D eigenvalue weighted by Crippen LogP contribution is -2.37. The van der Waals surface area contributed by atoms with Crippen LogP contribution in [0.25, 0.3) is 6.08 Å². The van der Waals surface area contributed by atoms with Crippen molar-refractivity contribution in [2.45, 2.75) is 6.92 Å². The van der Waals surface area contributed by atoms with Crippen molar-refractivity contribution in [3.05, 3.63) is 53.6 Å². The van der Waals surface area contributed by atoms with E-state index in [-0.39, 0.29) is 18.3 Å². The van der Waals surface area contributed by atoms with Crippen molar-refractivity contribution in [1.82, 2.24) is 15.3 Å². The van der Waals surface area contributed by atoms with Crippen LogP contribution in [0.2, 0.25) is 0 Å². The number of halogens is 1. The highest BCUT2D eigenvalue weighted by atomic mass is 19.1. The van der Waals surface area contributed by atoms with Gasteiger partial charge in [-0.25, -0.2) is 9.37 Å². The van der Waals surface area contributed by atoms with Gasteiger partial charge in [-0.15, -0.1) is 0 Å². The monoisotopic (exact) mass is 386 g/mol. The molecule has 1 fully saturated rings. The molecule has 3 rings (SSSR count). The van der Waals surface area contributed by atoms with Crippen molar-refractivity contribution in [3.8, 4) is 5.88 Å². The van der Waals surface area contributed by atoms with Gasteiger partial charge in [0.1, 0.15) is 24.1 Å². The second-order valence-corrected chi connectivity index (χ2v) is 6.24. The van der Waals surface area contributed by atoms with Crippen LogP contribution in [0, 0.1) is 12.7 Å². The van der Waals surface area contributed by atoms with Crippen molar-refractivity contribution in [1.29, 1.82) is 0 Å². The normalized spacial score (nSPS) is 14.3. The number of nitrogens with one attached hydrogen (secondary N) is 1. The van der Waals surface area contributed by atoms with E-state index in [2.05, 4.69) is 20.2 Å². The molecule has 1 amide bonds. The lowest BCUT2D eigenvalue weighted by molar-refractivity contribution is -0.116. The third-order valence-corrected chi connectivity index (χ3v) is 4.08. The van der Waals surface area contributed by atoms with Crippen molar-refractivity contribution in [3.63, 3.8) is 0 Å². The van der Waals surface area contributed by atoms with E-state index in [0.717, 1.165) is 24.5 Å². The van der Waals surface area contributed by atoms with Gasteiger partial charge in [0, 0.05) is 25.2 Å².